The van der Waals surface area contributed by atoms with E-state index in [2.05, 4.69) is 5.32 Å². The molecule has 0 N–H and O–H groups in total. The lowest BCUT2D eigenvalue weighted by atomic mass is 10.3. The zero-order chi connectivity index (χ0) is 9.26. The van der Waals surface area contributed by atoms with Crippen molar-refractivity contribution in [1.29, 1.82) is 0 Å². The van der Waals surface area contributed by atoms with E-state index in [-0.39, 0.29) is 0 Å². The van der Waals surface area contributed by atoms with Crippen LogP contribution in [0.2, 0.25) is 0 Å². The highest BCUT2D eigenvalue weighted by Crippen LogP contribution is 2.18. The lowest BCUT2D eigenvalue weighted by Crippen LogP contribution is -2.19. The number of rotatable bonds is 1. The van der Waals surface area contributed by atoms with Crippen LogP contribution in [-0.2, 0) is 0 Å². The van der Waals surface area contributed by atoms with Gasteiger partial charge in [0.1, 0.15) is 0 Å². The molecule has 0 unspecified atom stereocenters. The van der Waals surface area contributed by atoms with Gasteiger partial charge in [0.15, 0.2) is 11.6 Å². The normalized spacial score (nSPS) is 16.6. The Kier molecular flexibility index (Phi) is 2.14. The molecule has 0 aromatic heterocycles. The first-order valence-electron chi connectivity index (χ1n) is 4.10. The molecule has 1 heterocycles. The van der Waals surface area contributed by atoms with Gasteiger partial charge in [0.05, 0.1) is 6.67 Å². The molecule has 0 aliphatic carbocycles. The van der Waals surface area contributed by atoms with Gasteiger partial charge in [-0.1, -0.05) is 0 Å². The molecule has 4 heteroatoms. The first-order valence-corrected chi connectivity index (χ1v) is 4.10. The summed E-state index contributed by atoms with van der Waals surface area (Å²) < 4.78 is 25.4. The smallest absolute Gasteiger partial charge is 0.160 e. The molecule has 1 aliphatic rings. The number of hydrogen-bond acceptors (Lipinski definition) is 1. The molecule has 1 fully saturated rings. The zero-order valence-corrected chi connectivity index (χ0v) is 7.00. The molecule has 2 rings (SSSR count). The summed E-state index contributed by atoms with van der Waals surface area (Å²) in [5.74, 6) is -1.61. The maximum atomic E-state index is 12.8. The van der Waals surface area contributed by atoms with Gasteiger partial charge in [0.25, 0.3) is 0 Å². The van der Waals surface area contributed by atoms with Crippen molar-refractivity contribution in [1.82, 2.24) is 5.32 Å². The van der Waals surface area contributed by atoms with Gasteiger partial charge >= 0.3 is 0 Å². The molecule has 0 spiro atoms. The van der Waals surface area contributed by atoms with Crippen LogP contribution < -0.4 is 10.2 Å². The summed E-state index contributed by atoms with van der Waals surface area (Å²) in [6.07, 6.45) is 0. The molecule has 1 aromatic carbocycles. The van der Waals surface area contributed by atoms with E-state index in [9.17, 15) is 8.78 Å². The Hall–Kier alpha value is -1.16. The monoisotopic (exact) mass is 183 g/mol. The standard InChI is InChI=1S/C9H9F2N2/c10-8-2-1-7(5-9(8)11)13-4-3-12-6-13/h1-2,5H,3-4,6H2. The van der Waals surface area contributed by atoms with Gasteiger partial charge < -0.3 is 4.90 Å². The molecular formula is C9H9F2N2. The summed E-state index contributed by atoms with van der Waals surface area (Å²) >= 11 is 0. The van der Waals surface area contributed by atoms with E-state index in [1.54, 1.807) is 6.07 Å². The topological polar surface area (TPSA) is 17.3 Å². The minimum atomic E-state index is -0.806. The lowest BCUT2D eigenvalue weighted by Gasteiger charge is -2.15. The second-order valence-corrected chi connectivity index (χ2v) is 2.95. The van der Waals surface area contributed by atoms with E-state index in [0.29, 0.717) is 12.4 Å². The van der Waals surface area contributed by atoms with Crippen molar-refractivity contribution in [3.8, 4) is 0 Å². The van der Waals surface area contributed by atoms with Crippen molar-refractivity contribution in [2.75, 3.05) is 24.7 Å². The zero-order valence-electron chi connectivity index (χ0n) is 7.00. The van der Waals surface area contributed by atoms with Crippen molar-refractivity contribution in [2.45, 2.75) is 0 Å². The van der Waals surface area contributed by atoms with Gasteiger partial charge in [-0.2, -0.15) is 0 Å². The third kappa shape index (κ3) is 1.62. The van der Waals surface area contributed by atoms with Crippen molar-refractivity contribution in [2.24, 2.45) is 0 Å². The minimum Gasteiger partial charge on any atom is -0.356 e. The third-order valence-electron chi connectivity index (χ3n) is 2.07. The fourth-order valence-corrected chi connectivity index (χ4v) is 1.35. The lowest BCUT2D eigenvalue weighted by molar-refractivity contribution is 0.508. The maximum Gasteiger partial charge on any atom is 0.160 e. The predicted molar refractivity (Wildman–Crippen MR) is 45.6 cm³/mol. The van der Waals surface area contributed by atoms with E-state index in [0.717, 1.165) is 19.2 Å². The van der Waals surface area contributed by atoms with E-state index >= 15 is 0 Å². The number of hydrogen-bond donors (Lipinski definition) is 0. The van der Waals surface area contributed by atoms with Crippen LogP contribution in [0.4, 0.5) is 14.5 Å². The number of halogens is 2. The fraction of sp³-hybridized carbons (Fsp3) is 0.333. The Labute approximate surface area is 75.2 Å². The summed E-state index contributed by atoms with van der Waals surface area (Å²) in [6, 6.07) is 3.92. The Morgan fingerprint density at radius 1 is 1.23 bits per heavy atom. The van der Waals surface area contributed by atoms with Gasteiger partial charge in [0.2, 0.25) is 0 Å². The molecule has 0 saturated carbocycles. The third-order valence-corrected chi connectivity index (χ3v) is 2.07. The first kappa shape index (κ1) is 8.44. The van der Waals surface area contributed by atoms with E-state index in [1.165, 1.54) is 6.07 Å². The highest BCUT2D eigenvalue weighted by molar-refractivity contribution is 5.47. The number of anilines is 1. The summed E-state index contributed by atoms with van der Waals surface area (Å²) in [7, 11) is 0. The average molecular weight is 183 g/mol. The van der Waals surface area contributed by atoms with Crippen LogP contribution in [-0.4, -0.2) is 19.8 Å². The molecule has 0 amide bonds. The molecule has 1 radical (unpaired) electrons. The van der Waals surface area contributed by atoms with Crippen LogP contribution in [0, 0.1) is 11.6 Å². The average Bonchev–Trinajstić information content (AvgIpc) is 2.62. The number of nitrogens with zero attached hydrogens (tertiary/aromatic N) is 2. The van der Waals surface area contributed by atoms with E-state index in [4.69, 9.17) is 0 Å². The summed E-state index contributed by atoms with van der Waals surface area (Å²) in [5.41, 5.74) is 0.695. The van der Waals surface area contributed by atoms with Crippen molar-refractivity contribution >= 4 is 5.69 Å². The van der Waals surface area contributed by atoms with Gasteiger partial charge in [-0.05, 0) is 12.1 Å². The molecule has 0 atom stereocenters. The van der Waals surface area contributed by atoms with Gasteiger partial charge in [-0.15, -0.1) is 0 Å². The van der Waals surface area contributed by atoms with Crippen molar-refractivity contribution < 1.29 is 8.78 Å². The van der Waals surface area contributed by atoms with E-state index < -0.39 is 11.6 Å². The Morgan fingerprint density at radius 2 is 2.08 bits per heavy atom. The Bertz CT molecular complexity index is 308. The van der Waals surface area contributed by atoms with Crippen LogP contribution in [0.3, 0.4) is 0 Å². The second-order valence-electron chi connectivity index (χ2n) is 2.95. The minimum absolute atomic E-state index is 0.574. The van der Waals surface area contributed by atoms with Crippen LogP contribution >= 0.6 is 0 Å². The molecule has 0 bridgehead atoms. The van der Waals surface area contributed by atoms with Crippen LogP contribution in [0.5, 0.6) is 0 Å². The highest BCUT2D eigenvalue weighted by atomic mass is 19.2. The molecule has 1 saturated heterocycles. The predicted octanol–water partition coefficient (Wildman–Crippen LogP) is 1.35. The van der Waals surface area contributed by atoms with Crippen molar-refractivity contribution in [3.05, 3.63) is 29.8 Å². The van der Waals surface area contributed by atoms with Crippen LogP contribution in [0.25, 0.3) is 0 Å². The van der Waals surface area contributed by atoms with Crippen LogP contribution in [0.1, 0.15) is 0 Å². The summed E-state index contributed by atoms with van der Waals surface area (Å²) in [5, 5.41) is 4.10. The molecule has 69 valence electrons. The molecular weight excluding hydrogens is 174 g/mol. The van der Waals surface area contributed by atoms with Crippen molar-refractivity contribution in [3.63, 3.8) is 0 Å². The molecule has 2 nitrogen and oxygen atoms in total. The van der Waals surface area contributed by atoms with Gasteiger partial charge in [0, 0.05) is 24.8 Å². The van der Waals surface area contributed by atoms with E-state index in [1.807, 2.05) is 4.90 Å². The summed E-state index contributed by atoms with van der Waals surface area (Å²) in [6.45, 7) is 2.12. The molecule has 13 heavy (non-hydrogen) atoms. The quantitative estimate of drug-likeness (QED) is 0.642. The summed E-state index contributed by atoms with van der Waals surface area (Å²) in [4.78, 5) is 1.91. The first-order chi connectivity index (χ1) is 6.27. The molecule has 1 aliphatic heterocycles. The fourth-order valence-electron chi connectivity index (χ4n) is 1.35. The SMILES string of the molecule is Fc1ccc(N2CC[N]C2)cc1F. The Morgan fingerprint density at radius 3 is 2.69 bits per heavy atom. The number of benzene rings is 1. The largest absolute Gasteiger partial charge is 0.356 e. The molecule has 1 aromatic rings. The second kappa shape index (κ2) is 3.30. The van der Waals surface area contributed by atoms with Gasteiger partial charge in [-0.3, -0.25) is 0 Å². The van der Waals surface area contributed by atoms with Crippen LogP contribution in [0.15, 0.2) is 18.2 Å². The van der Waals surface area contributed by atoms with Gasteiger partial charge in [-0.25, -0.2) is 14.1 Å². The Balaban J connectivity index is 2.25. The highest BCUT2D eigenvalue weighted by Gasteiger charge is 2.13. The maximum absolute atomic E-state index is 12.8.